The van der Waals surface area contributed by atoms with Gasteiger partial charge in [0.2, 0.25) is 0 Å². The average Bonchev–Trinajstić information content (AvgIpc) is 3.24. The van der Waals surface area contributed by atoms with Crippen molar-refractivity contribution in [2.45, 2.75) is 12.8 Å². The SMILES string of the molecule is COc1cc2c(cc1OC)-c1nc(Cl)c3c(C(=O)N4CCN(C)CC4)coc3c1CC2. The van der Waals surface area contributed by atoms with E-state index in [0.717, 1.165) is 48.3 Å². The molecule has 0 saturated carbocycles. The van der Waals surface area contributed by atoms with E-state index in [0.29, 0.717) is 41.1 Å². The van der Waals surface area contributed by atoms with E-state index >= 15 is 0 Å². The Labute approximate surface area is 185 Å². The Bertz CT molecular complexity index is 1180. The maximum absolute atomic E-state index is 13.2. The molecular weight excluding hydrogens is 418 g/mol. The molecule has 2 aliphatic rings. The predicted octanol–water partition coefficient (Wildman–Crippen LogP) is 3.65. The largest absolute Gasteiger partial charge is 0.493 e. The zero-order valence-corrected chi connectivity index (χ0v) is 18.6. The Kier molecular flexibility index (Phi) is 5.02. The Morgan fingerprint density at radius 3 is 2.52 bits per heavy atom. The smallest absolute Gasteiger partial charge is 0.257 e. The van der Waals surface area contributed by atoms with E-state index < -0.39 is 0 Å². The number of rotatable bonds is 3. The van der Waals surface area contributed by atoms with Gasteiger partial charge >= 0.3 is 0 Å². The van der Waals surface area contributed by atoms with Crippen molar-refractivity contribution in [3.8, 4) is 22.8 Å². The molecule has 0 atom stereocenters. The summed E-state index contributed by atoms with van der Waals surface area (Å²) in [5.74, 6) is 1.27. The number of pyridine rings is 1. The molecule has 1 saturated heterocycles. The number of hydrogen-bond donors (Lipinski definition) is 0. The van der Waals surface area contributed by atoms with Crippen molar-refractivity contribution in [2.75, 3.05) is 47.4 Å². The highest BCUT2D eigenvalue weighted by Crippen LogP contribution is 2.44. The fraction of sp³-hybridized carbons (Fsp3) is 0.391. The lowest BCUT2D eigenvalue weighted by Gasteiger charge is -2.32. The summed E-state index contributed by atoms with van der Waals surface area (Å²) in [7, 11) is 5.30. The Morgan fingerprint density at radius 1 is 1.10 bits per heavy atom. The number of halogens is 1. The molecule has 1 aliphatic heterocycles. The summed E-state index contributed by atoms with van der Waals surface area (Å²) in [6, 6.07) is 3.92. The van der Waals surface area contributed by atoms with Gasteiger partial charge in [-0.15, -0.1) is 0 Å². The van der Waals surface area contributed by atoms with Gasteiger partial charge in [0.05, 0.1) is 30.9 Å². The Morgan fingerprint density at radius 2 is 1.81 bits per heavy atom. The highest BCUT2D eigenvalue weighted by atomic mass is 35.5. The lowest BCUT2D eigenvalue weighted by atomic mass is 9.87. The predicted molar refractivity (Wildman–Crippen MR) is 118 cm³/mol. The van der Waals surface area contributed by atoms with Crippen LogP contribution in [0.3, 0.4) is 0 Å². The number of amides is 1. The van der Waals surface area contributed by atoms with Gasteiger partial charge in [-0.25, -0.2) is 4.98 Å². The van der Waals surface area contributed by atoms with Crippen LogP contribution in [-0.4, -0.2) is 68.1 Å². The van der Waals surface area contributed by atoms with Gasteiger partial charge in [-0.2, -0.15) is 0 Å². The highest BCUT2D eigenvalue weighted by molar-refractivity contribution is 6.36. The summed E-state index contributed by atoms with van der Waals surface area (Å²) in [6.07, 6.45) is 3.08. The Balaban J connectivity index is 1.61. The van der Waals surface area contributed by atoms with Crippen molar-refractivity contribution in [2.24, 2.45) is 0 Å². The molecule has 7 nitrogen and oxygen atoms in total. The van der Waals surface area contributed by atoms with Gasteiger partial charge in [0.25, 0.3) is 5.91 Å². The second-order valence-corrected chi connectivity index (χ2v) is 8.40. The van der Waals surface area contributed by atoms with Crippen molar-refractivity contribution in [1.82, 2.24) is 14.8 Å². The van der Waals surface area contributed by atoms with Crippen LogP contribution in [0.1, 0.15) is 21.5 Å². The number of fused-ring (bicyclic) bond motifs is 5. The van der Waals surface area contributed by atoms with Crippen LogP contribution in [0.15, 0.2) is 22.8 Å². The second kappa shape index (κ2) is 7.73. The molecule has 0 unspecified atom stereocenters. The van der Waals surface area contributed by atoms with Crippen molar-refractivity contribution in [1.29, 1.82) is 0 Å². The molecular formula is C23H24ClN3O4. The molecule has 1 aliphatic carbocycles. The Hall–Kier alpha value is -2.77. The molecule has 0 radical (unpaired) electrons. The summed E-state index contributed by atoms with van der Waals surface area (Å²) in [5.41, 5.74) is 4.94. The standard InChI is InChI=1S/C23H24ClN3O4/c1-26-6-8-27(9-7-26)23(28)16-12-31-21-14-5-4-13-10-17(29-2)18(30-3)11-15(13)20(14)25-22(24)19(16)21/h10-12H,4-9H2,1-3H3. The van der Waals surface area contributed by atoms with E-state index in [4.69, 9.17) is 30.5 Å². The third-order valence-corrected chi connectivity index (χ3v) is 6.57. The van der Waals surface area contributed by atoms with Gasteiger partial charge in [-0.3, -0.25) is 4.79 Å². The van der Waals surface area contributed by atoms with Crippen molar-refractivity contribution in [3.05, 3.63) is 40.2 Å². The first-order valence-corrected chi connectivity index (χ1v) is 10.7. The third kappa shape index (κ3) is 3.23. The number of methoxy groups -OCH3 is 2. The number of ether oxygens (including phenoxy) is 2. The first kappa shape index (κ1) is 20.2. The van der Waals surface area contributed by atoms with Crippen molar-refractivity contribution >= 4 is 28.5 Å². The van der Waals surface area contributed by atoms with Crippen molar-refractivity contribution < 1.29 is 18.7 Å². The number of piperazine rings is 1. The van der Waals surface area contributed by atoms with Crippen LogP contribution in [0.25, 0.3) is 22.2 Å². The molecule has 162 valence electrons. The fourth-order valence-corrected chi connectivity index (χ4v) is 4.79. The van der Waals surface area contributed by atoms with Gasteiger partial charge in [0.15, 0.2) is 11.5 Å². The van der Waals surface area contributed by atoms with Crippen LogP contribution in [0.2, 0.25) is 5.15 Å². The zero-order valence-electron chi connectivity index (χ0n) is 17.8. The lowest BCUT2D eigenvalue weighted by molar-refractivity contribution is 0.0665. The third-order valence-electron chi connectivity index (χ3n) is 6.30. The number of aromatic nitrogens is 1. The van der Waals surface area contributed by atoms with Gasteiger partial charge in [0.1, 0.15) is 17.0 Å². The molecule has 5 rings (SSSR count). The van der Waals surface area contributed by atoms with Crippen LogP contribution in [0, 0.1) is 0 Å². The van der Waals surface area contributed by atoms with E-state index in [2.05, 4.69) is 11.9 Å². The molecule has 0 spiro atoms. The van der Waals surface area contributed by atoms with E-state index in [-0.39, 0.29) is 11.1 Å². The van der Waals surface area contributed by atoms with E-state index in [1.54, 1.807) is 14.2 Å². The number of carbonyl (C=O) groups is 1. The molecule has 2 aromatic heterocycles. The number of furan rings is 1. The molecule has 3 aromatic rings. The molecule has 0 N–H and O–H groups in total. The van der Waals surface area contributed by atoms with E-state index in [1.165, 1.54) is 6.26 Å². The summed E-state index contributed by atoms with van der Waals surface area (Å²) >= 11 is 6.64. The number of aryl methyl sites for hydroxylation is 2. The van der Waals surface area contributed by atoms with Crippen molar-refractivity contribution in [3.63, 3.8) is 0 Å². The zero-order chi connectivity index (χ0) is 21.7. The summed E-state index contributed by atoms with van der Waals surface area (Å²) in [4.78, 5) is 22.0. The number of nitrogens with zero attached hydrogens (tertiary/aromatic N) is 3. The van der Waals surface area contributed by atoms with Crippen LogP contribution in [-0.2, 0) is 12.8 Å². The molecule has 8 heteroatoms. The molecule has 0 bridgehead atoms. The minimum atomic E-state index is -0.0573. The fourth-order valence-electron chi connectivity index (χ4n) is 4.51. The van der Waals surface area contributed by atoms with E-state index in [1.807, 2.05) is 17.0 Å². The minimum Gasteiger partial charge on any atom is -0.493 e. The average molecular weight is 442 g/mol. The maximum atomic E-state index is 13.2. The van der Waals surface area contributed by atoms with Crippen LogP contribution >= 0.6 is 11.6 Å². The summed E-state index contributed by atoms with van der Waals surface area (Å²) in [6.45, 7) is 3.08. The first-order chi connectivity index (χ1) is 15.0. The van der Waals surface area contributed by atoms with Gasteiger partial charge in [0, 0.05) is 37.3 Å². The van der Waals surface area contributed by atoms with E-state index in [9.17, 15) is 4.79 Å². The topological polar surface area (TPSA) is 68.0 Å². The molecule has 31 heavy (non-hydrogen) atoms. The molecule has 1 amide bonds. The van der Waals surface area contributed by atoms with Crippen LogP contribution in [0.4, 0.5) is 0 Å². The molecule has 1 aromatic carbocycles. The van der Waals surface area contributed by atoms with Crippen LogP contribution < -0.4 is 9.47 Å². The normalized spacial score (nSPS) is 16.2. The maximum Gasteiger partial charge on any atom is 0.257 e. The quantitative estimate of drug-likeness (QED) is 0.578. The van der Waals surface area contributed by atoms with Crippen LogP contribution in [0.5, 0.6) is 11.5 Å². The first-order valence-electron chi connectivity index (χ1n) is 10.3. The highest BCUT2D eigenvalue weighted by Gasteiger charge is 2.30. The summed E-state index contributed by atoms with van der Waals surface area (Å²) in [5, 5.41) is 0.885. The number of hydrogen-bond acceptors (Lipinski definition) is 6. The number of carbonyl (C=O) groups excluding carboxylic acids is 1. The summed E-state index contributed by atoms with van der Waals surface area (Å²) < 4.78 is 16.9. The number of likely N-dealkylation sites (N-methyl/N-ethyl adjacent to an activating group) is 1. The number of benzene rings is 1. The van der Waals surface area contributed by atoms with Gasteiger partial charge in [-0.1, -0.05) is 11.6 Å². The molecule has 3 heterocycles. The minimum absolute atomic E-state index is 0.0573. The van der Waals surface area contributed by atoms with Gasteiger partial charge < -0.3 is 23.7 Å². The second-order valence-electron chi connectivity index (χ2n) is 8.04. The lowest BCUT2D eigenvalue weighted by Crippen LogP contribution is -2.47. The monoisotopic (exact) mass is 441 g/mol. The van der Waals surface area contributed by atoms with Gasteiger partial charge in [-0.05, 0) is 37.6 Å². The molecule has 1 fully saturated rings.